The van der Waals surface area contributed by atoms with Gasteiger partial charge < -0.3 is 20.5 Å². The van der Waals surface area contributed by atoms with Crippen molar-refractivity contribution in [1.29, 1.82) is 0 Å². The Morgan fingerprint density at radius 3 is 2.58 bits per heavy atom. The van der Waals surface area contributed by atoms with Crippen molar-refractivity contribution >= 4 is 5.91 Å². The van der Waals surface area contributed by atoms with Crippen LogP contribution in [0.25, 0.3) is 0 Å². The molecule has 19 heavy (non-hydrogen) atoms. The molecule has 0 aromatic rings. The van der Waals surface area contributed by atoms with E-state index >= 15 is 0 Å². The third-order valence-corrected chi connectivity index (χ3v) is 4.63. The minimum Gasteiger partial charge on any atom is -0.383 e. The van der Waals surface area contributed by atoms with Crippen molar-refractivity contribution < 1.29 is 14.3 Å². The van der Waals surface area contributed by atoms with Crippen molar-refractivity contribution in [2.45, 2.75) is 50.6 Å². The predicted molar refractivity (Wildman–Crippen MR) is 72.7 cm³/mol. The zero-order valence-corrected chi connectivity index (χ0v) is 11.8. The zero-order valence-electron chi connectivity index (χ0n) is 11.8. The lowest BCUT2D eigenvalue weighted by molar-refractivity contribution is -0.124. The fourth-order valence-corrected chi connectivity index (χ4v) is 3.24. The number of methoxy groups -OCH3 is 1. The van der Waals surface area contributed by atoms with Crippen LogP contribution in [0.4, 0.5) is 0 Å². The Bertz CT molecular complexity index is 293. The average molecular weight is 270 g/mol. The van der Waals surface area contributed by atoms with Gasteiger partial charge in [0.25, 0.3) is 0 Å². The van der Waals surface area contributed by atoms with Crippen molar-refractivity contribution in [1.82, 2.24) is 5.32 Å². The van der Waals surface area contributed by atoms with Gasteiger partial charge in [0.05, 0.1) is 6.61 Å². The first-order valence-electron chi connectivity index (χ1n) is 7.28. The molecule has 1 aliphatic heterocycles. The van der Waals surface area contributed by atoms with Crippen molar-refractivity contribution in [3.05, 3.63) is 0 Å². The second-order valence-corrected chi connectivity index (χ2v) is 5.96. The molecule has 1 heterocycles. The molecule has 0 bridgehead atoms. The fourth-order valence-electron chi connectivity index (χ4n) is 3.24. The average Bonchev–Trinajstić information content (AvgIpc) is 2.43. The first-order chi connectivity index (χ1) is 9.15. The molecule has 1 aliphatic carbocycles. The van der Waals surface area contributed by atoms with E-state index in [4.69, 9.17) is 15.2 Å². The number of rotatable bonds is 4. The highest BCUT2D eigenvalue weighted by Gasteiger charge is 2.37. The van der Waals surface area contributed by atoms with Crippen LogP contribution in [0.5, 0.6) is 0 Å². The Balaban J connectivity index is 1.75. The number of amides is 1. The lowest BCUT2D eigenvalue weighted by Crippen LogP contribution is -2.49. The first-order valence-corrected chi connectivity index (χ1v) is 7.28. The van der Waals surface area contributed by atoms with E-state index in [1.165, 1.54) is 25.7 Å². The molecular formula is C14H26N2O3. The van der Waals surface area contributed by atoms with Gasteiger partial charge in [0.15, 0.2) is 0 Å². The van der Waals surface area contributed by atoms with E-state index in [0.29, 0.717) is 5.41 Å². The van der Waals surface area contributed by atoms with Crippen LogP contribution in [-0.2, 0) is 14.3 Å². The second kappa shape index (κ2) is 6.68. The van der Waals surface area contributed by atoms with Gasteiger partial charge in [0, 0.05) is 26.4 Å². The summed E-state index contributed by atoms with van der Waals surface area (Å²) in [6, 6.07) is -0.271. The third kappa shape index (κ3) is 3.91. The zero-order chi connectivity index (χ0) is 13.7. The molecule has 1 amide bonds. The molecule has 110 valence electrons. The summed E-state index contributed by atoms with van der Waals surface area (Å²) in [6.07, 6.45) is 6.87. The molecule has 0 radical (unpaired) electrons. The maximum absolute atomic E-state index is 11.8. The van der Waals surface area contributed by atoms with E-state index in [1.54, 1.807) is 7.11 Å². The van der Waals surface area contributed by atoms with Crippen molar-refractivity contribution in [3.63, 3.8) is 0 Å². The summed E-state index contributed by atoms with van der Waals surface area (Å²) >= 11 is 0. The van der Waals surface area contributed by atoms with Gasteiger partial charge in [-0.3, -0.25) is 4.79 Å². The fraction of sp³-hybridized carbons (Fsp3) is 0.929. The van der Waals surface area contributed by atoms with E-state index in [0.717, 1.165) is 26.1 Å². The van der Waals surface area contributed by atoms with Crippen LogP contribution < -0.4 is 11.1 Å². The van der Waals surface area contributed by atoms with Crippen LogP contribution in [0.15, 0.2) is 0 Å². The normalized spacial score (nSPS) is 25.2. The summed E-state index contributed by atoms with van der Waals surface area (Å²) in [5.74, 6) is -0.0882. The van der Waals surface area contributed by atoms with Gasteiger partial charge in [-0.25, -0.2) is 0 Å². The number of ether oxygens (including phenoxy) is 2. The van der Waals surface area contributed by atoms with Crippen LogP contribution in [0.3, 0.4) is 0 Å². The lowest BCUT2D eigenvalue weighted by atomic mass is 9.68. The number of carbonyl (C=O) groups excluding carboxylic acids is 1. The largest absolute Gasteiger partial charge is 0.383 e. The lowest BCUT2D eigenvalue weighted by Gasteiger charge is -2.43. The Labute approximate surface area is 115 Å². The SMILES string of the molecule is COCC(N)C(=O)NC1CCC2(CCOCC2)CC1. The minimum absolute atomic E-state index is 0.0882. The van der Waals surface area contributed by atoms with Gasteiger partial charge in [-0.1, -0.05) is 0 Å². The van der Waals surface area contributed by atoms with Crippen molar-refractivity contribution in [2.75, 3.05) is 26.9 Å². The van der Waals surface area contributed by atoms with E-state index in [-0.39, 0.29) is 18.6 Å². The van der Waals surface area contributed by atoms with Crippen molar-refractivity contribution in [2.24, 2.45) is 11.1 Å². The summed E-state index contributed by atoms with van der Waals surface area (Å²) in [5.41, 5.74) is 6.21. The number of nitrogens with two attached hydrogens (primary N) is 1. The van der Waals surface area contributed by atoms with E-state index in [2.05, 4.69) is 5.32 Å². The number of nitrogens with one attached hydrogen (secondary N) is 1. The molecule has 0 aromatic carbocycles. The molecule has 2 fully saturated rings. The van der Waals surface area contributed by atoms with Gasteiger partial charge in [-0.05, 0) is 43.9 Å². The summed E-state index contributed by atoms with van der Waals surface area (Å²) < 4.78 is 10.4. The number of carbonyl (C=O) groups is 1. The summed E-state index contributed by atoms with van der Waals surface area (Å²) in [4.78, 5) is 11.8. The standard InChI is InChI=1S/C14H26N2O3/c1-18-10-12(15)13(17)16-11-2-4-14(5-3-11)6-8-19-9-7-14/h11-12H,2-10,15H2,1H3,(H,16,17). The van der Waals surface area contributed by atoms with Gasteiger partial charge in [-0.2, -0.15) is 0 Å². The van der Waals surface area contributed by atoms with Crippen LogP contribution in [-0.4, -0.2) is 44.9 Å². The summed E-state index contributed by atoms with van der Waals surface area (Å²) in [7, 11) is 1.56. The molecule has 0 aromatic heterocycles. The van der Waals surface area contributed by atoms with Gasteiger partial charge in [-0.15, -0.1) is 0 Å². The quantitative estimate of drug-likeness (QED) is 0.793. The van der Waals surface area contributed by atoms with Crippen LogP contribution in [0, 0.1) is 5.41 Å². The molecule has 1 spiro atoms. The van der Waals surface area contributed by atoms with Crippen molar-refractivity contribution in [3.8, 4) is 0 Å². The maximum atomic E-state index is 11.8. The summed E-state index contributed by atoms with van der Waals surface area (Å²) in [6.45, 7) is 2.07. The molecular weight excluding hydrogens is 244 g/mol. The third-order valence-electron chi connectivity index (χ3n) is 4.63. The topological polar surface area (TPSA) is 73.6 Å². The highest BCUT2D eigenvalue weighted by molar-refractivity contribution is 5.81. The second-order valence-electron chi connectivity index (χ2n) is 5.96. The molecule has 1 saturated carbocycles. The predicted octanol–water partition coefficient (Wildman–Crippen LogP) is 0.816. The summed E-state index contributed by atoms with van der Waals surface area (Å²) in [5, 5.41) is 3.05. The molecule has 5 heteroatoms. The highest BCUT2D eigenvalue weighted by atomic mass is 16.5. The Hall–Kier alpha value is -0.650. The number of hydrogen-bond acceptors (Lipinski definition) is 4. The smallest absolute Gasteiger partial charge is 0.239 e. The first kappa shape index (κ1) is 14.8. The molecule has 1 saturated heterocycles. The van der Waals surface area contributed by atoms with E-state index in [9.17, 15) is 4.79 Å². The number of hydrogen-bond donors (Lipinski definition) is 2. The van der Waals surface area contributed by atoms with Gasteiger partial charge in [0.2, 0.25) is 5.91 Å². The Morgan fingerprint density at radius 2 is 2.00 bits per heavy atom. The van der Waals surface area contributed by atoms with Gasteiger partial charge >= 0.3 is 0 Å². The monoisotopic (exact) mass is 270 g/mol. The van der Waals surface area contributed by atoms with Crippen LogP contribution in [0.1, 0.15) is 38.5 Å². The Kier molecular flexibility index (Phi) is 5.19. The molecule has 5 nitrogen and oxygen atoms in total. The van der Waals surface area contributed by atoms with E-state index < -0.39 is 6.04 Å². The Morgan fingerprint density at radius 1 is 1.37 bits per heavy atom. The molecule has 2 rings (SSSR count). The highest BCUT2D eigenvalue weighted by Crippen LogP contribution is 2.43. The molecule has 2 aliphatic rings. The maximum Gasteiger partial charge on any atom is 0.239 e. The minimum atomic E-state index is -0.552. The molecule has 3 N–H and O–H groups in total. The van der Waals surface area contributed by atoms with Crippen LogP contribution in [0.2, 0.25) is 0 Å². The van der Waals surface area contributed by atoms with Gasteiger partial charge in [0.1, 0.15) is 6.04 Å². The molecule has 1 atom stereocenters. The van der Waals surface area contributed by atoms with Crippen LogP contribution >= 0.6 is 0 Å². The van der Waals surface area contributed by atoms with E-state index in [1.807, 2.05) is 0 Å². The molecule has 1 unspecified atom stereocenters.